The van der Waals surface area contributed by atoms with E-state index in [2.05, 4.69) is 22.5 Å². The third-order valence-electron chi connectivity index (χ3n) is 3.06. The molecule has 1 aromatic heterocycles. The zero-order valence-electron chi connectivity index (χ0n) is 10.6. The van der Waals surface area contributed by atoms with Crippen LogP contribution in [0.3, 0.4) is 0 Å². The van der Waals surface area contributed by atoms with Gasteiger partial charge in [0.05, 0.1) is 12.8 Å². The fraction of sp³-hybridized carbons (Fsp3) is 0.500. The van der Waals surface area contributed by atoms with Crippen molar-refractivity contribution in [2.75, 3.05) is 7.11 Å². The Morgan fingerprint density at radius 1 is 1.41 bits per heavy atom. The highest BCUT2D eigenvalue weighted by molar-refractivity contribution is 5.26. The Labute approximate surface area is 103 Å². The average molecular weight is 232 g/mol. The molecule has 1 N–H and O–H groups in total. The second kappa shape index (κ2) is 5.82. The standard InChI is InChI=1S/C14H20N2O/c1-11-8-14(17-2)9-13(16-11)10-15-12-6-4-3-5-7-12/h3-4,8-9,12,15H,5-7,10H2,1-2H3. The number of pyridine rings is 1. The molecule has 1 heterocycles. The van der Waals surface area contributed by atoms with Gasteiger partial charge >= 0.3 is 0 Å². The molecule has 0 saturated heterocycles. The normalized spacial score (nSPS) is 19.3. The van der Waals surface area contributed by atoms with E-state index >= 15 is 0 Å². The molecule has 1 aromatic rings. The first-order chi connectivity index (χ1) is 8.28. The lowest BCUT2D eigenvalue weighted by Crippen LogP contribution is -2.29. The summed E-state index contributed by atoms with van der Waals surface area (Å²) in [5, 5.41) is 3.55. The van der Waals surface area contributed by atoms with E-state index < -0.39 is 0 Å². The van der Waals surface area contributed by atoms with Crippen LogP contribution in [-0.4, -0.2) is 18.1 Å². The van der Waals surface area contributed by atoms with E-state index in [1.165, 1.54) is 12.8 Å². The first kappa shape index (κ1) is 12.1. The molecular weight excluding hydrogens is 212 g/mol. The van der Waals surface area contributed by atoms with Gasteiger partial charge in [0.25, 0.3) is 0 Å². The molecule has 17 heavy (non-hydrogen) atoms. The number of nitrogens with zero attached hydrogens (tertiary/aromatic N) is 1. The van der Waals surface area contributed by atoms with Crippen molar-refractivity contribution >= 4 is 0 Å². The molecule has 1 unspecified atom stereocenters. The number of aromatic nitrogens is 1. The van der Waals surface area contributed by atoms with Gasteiger partial charge < -0.3 is 10.1 Å². The number of allylic oxidation sites excluding steroid dienone is 1. The summed E-state index contributed by atoms with van der Waals surface area (Å²) in [7, 11) is 1.69. The van der Waals surface area contributed by atoms with Gasteiger partial charge in [-0.3, -0.25) is 4.98 Å². The third kappa shape index (κ3) is 3.56. The molecule has 0 amide bonds. The summed E-state index contributed by atoms with van der Waals surface area (Å²) >= 11 is 0. The number of hydrogen-bond donors (Lipinski definition) is 1. The number of ether oxygens (including phenoxy) is 1. The Kier molecular flexibility index (Phi) is 4.15. The molecule has 0 aromatic carbocycles. The van der Waals surface area contributed by atoms with E-state index in [0.29, 0.717) is 6.04 Å². The van der Waals surface area contributed by atoms with Gasteiger partial charge in [-0.05, 0) is 26.2 Å². The van der Waals surface area contributed by atoms with E-state index in [1.807, 2.05) is 19.1 Å². The second-order valence-corrected chi connectivity index (χ2v) is 4.50. The average Bonchev–Trinajstić information content (AvgIpc) is 2.37. The molecule has 0 fully saturated rings. The van der Waals surface area contributed by atoms with Crippen LogP contribution in [0, 0.1) is 6.92 Å². The van der Waals surface area contributed by atoms with Gasteiger partial charge in [0.15, 0.2) is 0 Å². The van der Waals surface area contributed by atoms with Gasteiger partial charge in [-0.25, -0.2) is 0 Å². The highest BCUT2D eigenvalue weighted by Gasteiger charge is 2.09. The lowest BCUT2D eigenvalue weighted by molar-refractivity contribution is 0.411. The van der Waals surface area contributed by atoms with E-state index in [4.69, 9.17) is 4.74 Å². The monoisotopic (exact) mass is 232 g/mol. The third-order valence-corrected chi connectivity index (χ3v) is 3.06. The lowest BCUT2D eigenvalue weighted by Gasteiger charge is -2.19. The van der Waals surface area contributed by atoms with Crippen LogP contribution in [0.2, 0.25) is 0 Å². The number of hydrogen-bond acceptors (Lipinski definition) is 3. The highest BCUT2D eigenvalue weighted by Crippen LogP contribution is 2.15. The summed E-state index contributed by atoms with van der Waals surface area (Å²) in [6.45, 7) is 2.81. The fourth-order valence-electron chi connectivity index (χ4n) is 2.14. The first-order valence-electron chi connectivity index (χ1n) is 6.18. The topological polar surface area (TPSA) is 34.1 Å². The minimum atomic E-state index is 0.591. The van der Waals surface area contributed by atoms with E-state index in [-0.39, 0.29) is 0 Å². The van der Waals surface area contributed by atoms with E-state index in [1.54, 1.807) is 7.11 Å². The predicted octanol–water partition coefficient (Wildman–Crippen LogP) is 2.60. The Balaban J connectivity index is 1.93. The number of aryl methyl sites for hydroxylation is 1. The zero-order valence-corrected chi connectivity index (χ0v) is 10.6. The highest BCUT2D eigenvalue weighted by atomic mass is 16.5. The molecule has 3 heteroatoms. The summed E-state index contributed by atoms with van der Waals surface area (Å²) in [5.74, 6) is 0.887. The van der Waals surface area contributed by atoms with Crippen molar-refractivity contribution in [3.05, 3.63) is 35.7 Å². The molecule has 1 aliphatic rings. The summed E-state index contributed by atoms with van der Waals surface area (Å²) in [6.07, 6.45) is 8.04. The smallest absolute Gasteiger partial charge is 0.122 e. The Morgan fingerprint density at radius 3 is 3.00 bits per heavy atom. The van der Waals surface area contributed by atoms with E-state index in [0.717, 1.165) is 30.1 Å². The molecule has 0 radical (unpaired) electrons. The Morgan fingerprint density at radius 2 is 2.29 bits per heavy atom. The molecule has 0 saturated carbocycles. The van der Waals surface area contributed by atoms with Crippen molar-refractivity contribution in [2.24, 2.45) is 0 Å². The van der Waals surface area contributed by atoms with Crippen molar-refractivity contribution < 1.29 is 4.74 Å². The number of rotatable bonds is 4. The molecule has 0 spiro atoms. The summed E-state index contributed by atoms with van der Waals surface area (Å²) in [5.41, 5.74) is 2.06. The maximum absolute atomic E-state index is 5.25. The van der Waals surface area contributed by atoms with Crippen molar-refractivity contribution in [1.82, 2.24) is 10.3 Å². The predicted molar refractivity (Wildman–Crippen MR) is 69.1 cm³/mol. The number of methoxy groups -OCH3 is 1. The van der Waals surface area contributed by atoms with Crippen molar-refractivity contribution in [3.63, 3.8) is 0 Å². The molecule has 0 aliphatic heterocycles. The van der Waals surface area contributed by atoms with Crippen LogP contribution in [0.4, 0.5) is 0 Å². The molecule has 0 bridgehead atoms. The van der Waals surface area contributed by atoms with Crippen LogP contribution in [0.15, 0.2) is 24.3 Å². The first-order valence-corrected chi connectivity index (χ1v) is 6.18. The van der Waals surface area contributed by atoms with Crippen molar-refractivity contribution in [2.45, 2.75) is 38.8 Å². The lowest BCUT2D eigenvalue weighted by atomic mass is 10.0. The van der Waals surface area contributed by atoms with Crippen LogP contribution >= 0.6 is 0 Å². The number of nitrogens with one attached hydrogen (secondary N) is 1. The van der Waals surface area contributed by atoms with Crippen LogP contribution in [-0.2, 0) is 6.54 Å². The largest absolute Gasteiger partial charge is 0.497 e. The Hall–Kier alpha value is -1.35. The van der Waals surface area contributed by atoms with Gasteiger partial charge in [0.1, 0.15) is 5.75 Å². The van der Waals surface area contributed by atoms with Gasteiger partial charge in [-0.2, -0.15) is 0 Å². The summed E-state index contributed by atoms with van der Waals surface area (Å²) in [6, 6.07) is 4.54. The second-order valence-electron chi connectivity index (χ2n) is 4.50. The minimum Gasteiger partial charge on any atom is -0.497 e. The molecule has 3 nitrogen and oxygen atoms in total. The molecule has 92 valence electrons. The van der Waals surface area contributed by atoms with Crippen LogP contribution in [0.25, 0.3) is 0 Å². The van der Waals surface area contributed by atoms with Crippen molar-refractivity contribution in [3.8, 4) is 5.75 Å². The molecule has 2 rings (SSSR count). The molecular formula is C14H20N2O. The van der Waals surface area contributed by atoms with Gasteiger partial charge in [0.2, 0.25) is 0 Å². The molecule has 1 atom stereocenters. The molecule has 1 aliphatic carbocycles. The zero-order chi connectivity index (χ0) is 12.1. The van der Waals surface area contributed by atoms with Gasteiger partial charge in [0, 0.05) is 30.4 Å². The van der Waals surface area contributed by atoms with E-state index in [9.17, 15) is 0 Å². The Bertz CT molecular complexity index is 401. The SMILES string of the molecule is COc1cc(C)nc(CNC2CC=CCC2)c1. The summed E-state index contributed by atoms with van der Waals surface area (Å²) in [4.78, 5) is 4.51. The summed E-state index contributed by atoms with van der Waals surface area (Å²) < 4.78 is 5.25. The minimum absolute atomic E-state index is 0.591. The van der Waals surface area contributed by atoms with Gasteiger partial charge in [-0.15, -0.1) is 0 Å². The fourth-order valence-corrected chi connectivity index (χ4v) is 2.14. The maximum atomic E-state index is 5.25. The van der Waals surface area contributed by atoms with Crippen LogP contribution in [0.5, 0.6) is 5.75 Å². The van der Waals surface area contributed by atoms with Crippen LogP contribution < -0.4 is 10.1 Å². The van der Waals surface area contributed by atoms with Crippen molar-refractivity contribution in [1.29, 1.82) is 0 Å². The maximum Gasteiger partial charge on any atom is 0.122 e. The van der Waals surface area contributed by atoms with Crippen LogP contribution in [0.1, 0.15) is 30.7 Å². The quantitative estimate of drug-likeness (QED) is 0.810. The van der Waals surface area contributed by atoms with Gasteiger partial charge in [-0.1, -0.05) is 12.2 Å².